The summed E-state index contributed by atoms with van der Waals surface area (Å²) in [4.78, 5) is 4.23. The van der Waals surface area contributed by atoms with Gasteiger partial charge in [-0.25, -0.2) is 4.39 Å². The second-order valence-electron chi connectivity index (χ2n) is 5.29. The third-order valence-electron chi connectivity index (χ3n) is 3.56. The number of hydrogen-bond acceptors (Lipinski definition) is 1. The molecule has 2 rings (SSSR count). The highest BCUT2D eigenvalue weighted by Gasteiger charge is 2.07. The van der Waals surface area contributed by atoms with Gasteiger partial charge in [-0.1, -0.05) is 42.5 Å². The van der Waals surface area contributed by atoms with Gasteiger partial charge < -0.3 is 10.6 Å². The van der Waals surface area contributed by atoms with E-state index in [0.717, 1.165) is 11.5 Å². The predicted molar refractivity (Wildman–Crippen MR) is 89.3 cm³/mol. The number of aryl methyl sites for hydroxylation is 1. The van der Waals surface area contributed by atoms with E-state index in [9.17, 15) is 4.39 Å². The Hall–Kier alpha value is -2.36. The van der Waals surface area contributed by atoms with E-state index in [-0.39, 0.29) is 11.9 Å². The van der Waals surface area contributed by atoms with Crippen LogP contribution in [0.4, 0.5) is 4.39 Å². The van der Waals surface area contributed by atoms with Crippen molar-refractivity contribution in [2.24, 2.45) is 4.99 Å². The van der Waals surface area contributed by atoms with Crippen LogP contribution in [-0.4, -0.2) is 13.0 Å². The Kier molecular flexibility index (Phi) is 5.53. The molecule has 0 aromatic heterocycles. The molecular weight excluding hydrogens is 277 g/mol. The van der Waals surface area contributed by atoms with Crippen LogP contribution in [0.5, 0.6) is 0 Å². The lowest BCUT2D eigenvalue weighted by atomic mass is 10.1. The molecule has 0 amide bonds. The van der Waals surface area contributed by atoms with Crippen LogP contribution in [0.3, 0.4) is 0 Å². The van der Waals surface area contributed by atoms with Crippen molar-refractivity contribution in [3.63, 3.8) is 0 Å². The highest BCUT2D eigenvalue weighted by Crippen LogP contribution is 2.11. The van der Waals surface area contributed by atoms with Crippen LogP contribution >= 0.6 is 0 Å². The van der Waals surface area contributed by atoms with Gasteiger partial charge in [-0.3, -0.25) is 4.99 Å². The predicted octanol–water partition coefficient (Wildman–Crippen LogP) is 3.56. The fourth-order valence-electron chi connectivity index (χ4n) is 2.23. The van der Waals surface area contributed by atoms with E-state index in [1.54, 1.807) is 20.0 Å². The Labute approximate surface area is 131 Å². The van der Waals surface area contributed by atoms with E-state index in [1.165, 1.54) is 11.6 Å². The molecule has 0 heterocycles. The van der Waals surface area contributed by atoms with Gasteiger partial charge in [0.1, 0.15) is 5.82 Å². The minimum absolute atomic E-state index is 0.155. The number of hydrogen-bond donors (Lipinski definition) is 2. The number of nitrogens with one attached hydrogen (secondary N) is 2. The Morgan fingerprint density at radius 3 is 2.55 bits per heavy atom. The van der Waals surface area contributed by atoms with Crippen molar-refractivity contribution in [2.75, 3.05) is 7.05 Å². The van der Waals surface area contributed by atoms with Crippen molar-refractivity contribution in [3.8, 4) is 0 Å². The first kappa shape index (κ1) is 16.0. The summed E-state index contributed by atoms with van der Waals surface area (Å²) in [6.07, 6.45) is 0. The standard InChI is InChI=1S/C18H22FN3/c1-13-11-15(9-10-17(13)19)12-21-18(20-3)22-14(2)16-7-5-4-6-8-16/h4-11,14H,12H2,1-3H3,(H2,20,21,22). The normalized spacial score (nSPS) is 12.8. The second kappa shape index (κ2) is 7.59. The lowest BCUT2D eigenvalue weighted by molar-refractivity contribution is 0.617. The SMILES string of the molecule is CN=C(NCc1ccc(F)c(C)c1)NC(C)c1ccccc1. The molecule has 3 nitrogen and oxygen atoms in total. The quantitative estimate of drug-likeness (QED) is 0.669. The van der Waals surface area contributed by atoms with E-state index in [4.69, 9.17) is 0 Å². The maximum absolute atomic E-state index is 13.3. The fraction of sp³-hybridized carbons (Fsp3) is 0.278. The van der Waals surface area contributed by atoms with E-state index in [2.05, 4.69) is 34.7 Å². The Bertz CT molecular complexity index is 638. The van der Waals surface area contributed by atoms with Crippen molar-refractivity contribution in [3.05, 3.63) is 71.0 Å². The smallest absolute Gasteiger partial charge is 0.191 e. The number of halogens is 1. The first-order chi connectivity index (χ1) is 10.6. The van der Waals surface area contributed by atoms with E-state index in [0.29, 0.717) is 12.1 Å². The molecule has 0 aliphatic carbocycles. The molecule has 4 heteroatoms. The molecule has 0 bridgehead atoms. The molecule has 0 saturated heterocycles. The molecular formula is C18H22FN3. The van der Waals surface area contributed by atoms with Gasteiger partial charge in [-0.2, -0.15) is 0 Å². The van der Waals surface area contributed by atoms with Crippen LogP contribution in [0.2, 0.25) is 0 Å². The molecule has 22 heavy (non-hydrogen) atoms. The lowest BCUT2D eigenvalue weighted by Gasteiger charge is -2.18. The highest BCUT2D eigenvalue weighted by molar-refractivity contribution is 5.80. The zero-order chi connectivity index (χ0) is 15.9. The summed E-state index contributed by atoms with van der Waals surface area (Å²) in [5.74, 6) is 0.544. The van der Waals surface area contributed by atoms with Gasteiger partial charge in [-0.15, -0.1) is 0 Å². The van der Waals surface area contributed by atoms with E-state index in [1.807, 2.05) is 24.3 Å². The fourth-order valence-corrected chi connectivity index (χ4v) is 2.23. The maximum Gasteiger partial charge on any atom is 0.191 e. The van der Waals surface area contributed by atoms with Crippen LogP contribution in [-0.2, 0) is 6.54 Å². The number of benzene rings is 2. The Balaban J connectivity index is 1.94. The van der Waals surface area contributed by atoms with Gasteiger partial charge in [0.2, 0.25) is 0 Å². The van der Waals surface area contributed by atoms with Crippen molar-refractivity contribution < 1.29 is 4.39 Å². The number of guanidine groups is 1. The average molecular weight is 299 g/mol. The molecule has 2 aromatic rings. The molecule has 0 radical (unpaired) electrons. The van der Waals surface area contributed by atoms with Gasteiger partial charge in [-0.05, 0) is 36.6 Å². The topological polar surface area (TPSA) is 36.4 Å². The Morgan fingerprint density at radius 1 is 1.18 bits per heavy atom. The highest BCUT2D eigenvalue weighted by atomic mass is 19.1. The van der Waals surface area contributed by atoms with Crippen molar-refractivity contribution in [1.82, 2.24) is 10.6 Å². The molecule has 0 aliphatic rings. The lowest BCUT2D eigenvalue weighted by Crippen LogP contribution is -2.38. The summed E-state index contributed by atoms with van der Waals surface area (Å²) in [6, 6.07) is 15.5. The molecule has 2 aromatic carbocycles. The molecule has 1 atom stereocenters. The van der Waals surface area contributed by atoms with E-state index < -0.39 is 0 Å². The summed E-state index contributed by atoms with van der Waals surface area (Å²) in [7, 11) is 1.74. The van der Waals surface area contributed by atoms with Gasteiger partial charge in [0, 0.05) is 13.6 Å². The largest absolute Gasteiger partial charge is 0.352 e. The van der Waals surface area contributed by atoms with Gasteiger partial charge in [0.05, 0.1) is 6.04 Å². The second-order valence-corrected chi connectivity index (χ2v) is 5.29. The van der Waals surface area contributed by atoms with Crippen molar-refractivity contribution in [2.45, 2.75) is 26.4 Å². The minimum atomic E-state index is -0.177. The third kappa shape index (κ3) is 4.32. The summed E-state index contributed by atoms with van der Waals surface area (Å²) in [5, 5.41) is 6.59. The maximum atomic E-state index is 13.3. The van der Waals surface area contributed by atoms with Crippen molar-refractivity contribution in [1.29, 1.82) is 0 Å². The molecule has 1 unspecified atom stereocenters. The third-order valence-corrected chi connectivity index (χ3v) is 3.56. The zero-order valence-corrected chi connectivity index (χ0v) is 13.2. The van der Waals surface area contributed by atoms with Crippen LogP contribution in [0.1, 0.15) is 29.7 Å². The minimum Gasteiger partial charge on any atom is -0.352 e. The van der Waals surface area contributed by atoms with Crippen LogP contribution in [0.25, 0.3) is 0 Å². The molecule has 0 saturated carbocycles. The molecule has 0 aliphatic heterocycles. The molecule has 2 N–H and O–H groups in total. The summed E-state index contributed by atoms with van der Waals surface area (Å²) in [5.41, 5.74) is 2.87. The number of aliphatic imine (C=N–C) groups is 1. The summed E-state index contributed by atoms with van der Waals surface area (Å²) >= 11 is 0. The zero-order valence-electron chi connectivity index (χ0n) is 13.2. The van der Waals surface area contributed by atoms with Gasteiger partial charge in [0.25, 0.3) is 0 Å². The number of nitrogens with zero attached hydrogens (tertiary/aromatic N) is 1. The number of rotatable bonds is 4. The monoisotopic (exact) mass is 299 g/mol. The van der Waals surface area contributed by atoms with E-state index >= 15 is 0 Å². The average Bonchev–Trinajstić information content (AvgIpc) is 2.55. The Morgan fingerprint density at radius 2 is 1.91 bits per heavy atom. The van der Waals surface area contributed by atoms with Crippen LogP contribution in [0.15, 0.2) is 53.5 Å². The molecule has 0 spiro atoms. The first-order valence-electron chi connectivity index (χ1n) is 7.37. The van der Waals surface area contributed by atoms with Gasteiger partial charge >= 0.3 is 0 Å². The van der Waals surface area contributed by atoms with Crippen molar-refractivity contribution >= 4 is 5.96 Å². The van der Waals surface area contributed by atoms with Crippen LogP contribution < -0.4 is 10.6 Å². The first-order valence-corrected chi connectivity index (χ1v) is 7.37. The van der Waals surface area contributed by atoms with Gasteiger partial charge in [0.15, 0.2) is 5.96 Å². The summed E-state index contributed by atoms with van der Waals surface area (Å²) in [6.45, 7) is 4.45. The summed E-state index contributed by atoms with van der Waals surface area (Å²) < 4.78 is 13.3. The van der Waals surface area contributed by atoms with Crippen LogP contribution in [0, 0.1) is 12.7 Å². The molecule has 0 fully saturated rings. The molecule has 116 valence electrons.